The van der Waals surface area contributed by atoms with E-state index in [1.165, 1.54) is 0 Å². The Labute approximate surface area is 102 Å². The molecule has 0 atom stereocenters. The second-order valence-corrected chi connectivity index (χ2v) is 4.08. The van der Waals surface area contributed by atoms with Gasteiger partial charge in [-0.25, -0.2) is 5.84 Å². The van der Waals surface area contributed by atoms with E-state index in [0.29, 0.717) is 11.9 Å². The van der Waals surface area contributed by atoms with Crippen LogP contribution in [0.1, 0.15) is 13.8 Å². The summed E-state index contributed by atoms with van der Waals surface area (Å²) in [7, 11) is 1.64. The van der Waals surface area contributed by atoms with Crippen molar-refractivity contribution in [1.29, 1.82) is 0 Å². The number of guanidine groups is 1. The summed E-state index contributed by atoms with van der Waals surface area (Å²) in [6, 6.07) is 7.56. The number of anilines is 1. The Morgan fingerprint density at radius 3 is 2.47 bits per heavy atom. The Morgan fingerprint density at radius 2 is 2.00 bits per heavy atom. The molecule has 0 heterocycles. The van der Waals surface area contributed by atoms with Gasteiger partial charge in [0.1, 0.15) is 5.75 Å². The third-order valence-corrected chi connectivity index (χ3v) is 2.10. The number of nitrogens with one attached hydrogen (secondary N) is 2. The molecular weight excluding hydrogens is 216 g/mol. The van der Waals surface area contributed by atoms with Crippen molar-refractivity contribution in [2.75, 3.05) is 19.0 Å². The van der Waals surface area contributed by atoms with E-state index in [-0.39, 0.29) is 0 Å². The molecule has 5 heteroatoms. The van der Waals surface area contributed by atoms with Crippen LogP contribution < -0.4 is 21.3 Å². The van der Waals surface area contributed by atoms with Gasteiger partial charge in [-0.15, -0.1) is 0 Å². The third-order valence-electron chi connectivity index (χ3n) is 2.10. The van der Waals surface area contributed by atoms with E-state index in [0.717, 1.165) is 18.0 Å². The molecule has 1 aromatic carbocycles. The minimum absolute atomic E-state index is 0.496. The number of hydrogen-bond acceptors (Lipinski definition) is 3. The second kappa shape index (κ2) is 6.75. The van der Waals surface area contributed by atoms with E-state index in [9.17, 15) is 0 Å². The SMILES string of the molecule is COc1ccc(NC(=NCC(C)C)NN)cc1. The van der Waals surface area contributed by atoms with E-state index in [1.54, 1.807) is 7.11 Å². The van der Waals surface area contributed by atoms with E-state index >= 15 is 0 Å². The normalized spacial score (nSPS) is 11.5. The van der Waals surface area contributed by atoms with Gasteiger partial charge < -0.3 is 10.1 Å². The summed E-state index contributed by atoms with van der Waals surface area (Å²) in [6.07, 6.45) is 0. The lowest BCUT2D eigenvalue weighted by molar-refractivity contribution is 0.415. The predicted molar refractivity (Wildman–Crippen MR) is 71.1 cm³/mol. The number of ether oxygens (including phenoxy) is 1. The molecule has 0 spiro atoms. The zero-order valence-corrected chi connectivity index (χ0v) is 10.5. The van der Waals surface area contributed by atoms with E-state index < -0.39 is 0 Å². The maximum absolute atomic E-state index is 5.39. The summed E-state index contributed by atoms with van der Waals surface area (Å²) in [4.78, 5) is 4.32. The molecule has 0 fully saturated rings. The molecule has 94 valence electrons. The van der Waals surface area contributed by atoms with E-state index in [2.05, 4.69) is 29.6 Å². The summed E-state index contributed by atoms with van der Waals surface area (Å²) < 4.78 is 5.08. The minimum Gasteiger partial charge on any atom is -0.497 e. The highest BCUT2D eigenvalue weighted by molar-refractivity contribution is 5.93. The molecule has 0 unspecified atom stereocenters. The first-order chi connectivity index (χ1) is 8.15. The highest BCUT2D eigenvalue weighted by Gasteiger charge is 1.99. The predicted octanol–water partition coefficient (Wildman–Crippen LogP) is 1.58. The highest BCUT2D eigenvalue weighted by atomic mass is 16.5. The summed E-state index contributed by atoms with van der Waals surface area (Å²) in [5, 5.41) is 3.09. The van der Waals surface area contributed by atoms with Crippen LogP contribution in [0.2, 0.25) is 0 Å². The fourth-order valence-corrected chi connectivity index (χ4v) is 1.21. The Bertz CT molecular complexity index is 359. The lowest BCUT2D eigenvalue weighted by Crippen LogP contribution is -2.36. The van der Waals surface area contributed by atoms with Gasteiger partial charge in [0, 0.05) is 12.2 Å². The first-order valence-electron chi connectivity index (χ1n) is 5.58. The molecule has 1 rings (SSSR count). The Hall–Kier alpha value is -1.75. The summed E-state index contributed by atoms with van der Waals surface area (Å²) in [6.45, 7) is 4.93. The maximum Gasteiger partial charge on any atom is 0.210 e. The number of benzene rings is 1. The molecule has 17 heavy (non-hydrogen) atoms. The quantitative estimate of drug-likeness (QED) is 0.321. The number of methoxy groups -OCH3 is 1. The highest BCUT2D eigenvalue weighted by Crippen LogP contribution is 2.14. The van der Waals surface area contributed by atoms with E-state index in [1.807, 2.05) is 24.3 Å². The molecule has 0 aliphatic carbocycles. The van der Waals surface area contributed by atoms with Gasteiger partial charge in [-0.05, 0) is 30.2 Å². The fraction of sp³-hybridized carbons (Fsp3) is 0.417. The zero-order valence-electron chi connectivity index (χ0n) is 10.5. The maximum atomic E-state index is 5.39. The van der Waals surface area contributed by atoms with Crippen LogP contribution in [0.4, 0.5) is 5.69 Å². The molecule has 0 aromatic heterocycles. The van der Waals surface area contributed by atoms with Gasteiger partial charge in [-0.3, -0.25) is 10.4 Å². The Balaban J connectivity index is 2.63. The smallest absolute Gasteiger partial charge is 0.210 e. The molecule has 0 aliphatic rings. The van der Waals surface area contributed by atoms with Crippen LogP contribution in [0.3, 0.4) is 0 Å². The van der Waals surface area contributed by atoms with Gasteiger partial charge in [0.25, 0.3) is 0 Å². The molecule has 0 radical (unpaired) electrons. The number of nitrogens with zero attached hydrogens (tertiary/aromatic N) is 1. The Kier molecular flexibility index (Phi) is 5.29. The number of hydrazine groups is 1. The largest absolute Gasteiger partial charge is 0.497 e. The van der Waals surface area contributed by atoms with E-state index in [4.69, 9.17) is 10.6 Å². The van der Waals surface area contributed by atoms with Crippen molar-refractivity contribution in [3.8, 4) is 5.75 Å². The second-order valence-electron chi connectivity index (χ2n) is 4.08. The van der Waals surface area contributed by atoms with Gasteiger partial charge in [-0.2, -0.15) is 0 Å². The van der Waals surface area contributed by atoms with Gasteiger partial charge in [0.15, 0.2) is 0 Å². The topological polar surface area (TPSA) is 71.7 Å². The van der Waals surface area contributed by atoms with Crippen LogP contribution in [-0.2, 0) is 0 Å². The van der Waals surface area contributed by atoms with Crippen LogP contribution in [0.5, 0.6) is 5.75 Å². The molecule has 0 saturated carbocycles. The van der Waals surface area contributed by atoms with Crippen molar-refractivity contribution >= 4 is 11.6 Å². The summed E-state index contributed by atoms with van der Waals surface area (Å²) in [5.41, 5.74) is 3.45. The van der Waals surface area contributed by atoms with Crippen molar-refractivity contribution in [3.63, 3.8) is 0 Å². The average Bonchev–Trinajstić information content (AvgIpc) is 2.35. The van der Waals surface area contributed by atoms with Crippen LogP contribution >= 0.6 is 0 Å². The minimum atomic E-state index is 0.496. The number of hydrogen-bond donors (Lipinski definition) is 3. The monoisotopic (exact) mass is 236 g/mol. The summed E-state index contributed by atoms with van der Waals surface area (Å²) in [5.74, 6) is 7.27. The lowest BCUT2D eigenvalue weighted by Gasteiger charge is -2.10. The molecule has 5 nitrogen and oxygen atoms in total. The van der Waals surface area contributed by atoms with Crippen LogP contribution in [-0.4, -0.2) is 19.6 Å². The van der Waals surface area contributed by atoms with Crippen LogP contribution in [0, 0.1) is 5.92 Å². The fourth-order valence-electron chi connectivity index (χ4n) is 1.21. The molecular formula is C12H20N4O. The first kappa shape index (κ1) is 13.3. The van der Waals surface area contributed by atoms with Crippen molar-refractivity contribution in [3.05, 3.63) is 24.3 Å². The van der Waals surface area contributed by atoms with Gasteiger partial charge in [0.2, 0.25) is 5.96 Å². The van der Waals surface area contributed by atoms with Gasteiger partial charge >= 0.3 is 0 Å². The van der Waals surface area contributed by atoms with Crippen molar-refractivity contribution in [2.24, 2.45) is 16.8 Å². The zero-order chi connectivity index (χ0) is 12.7. The molecule has 0 amide bonds. The first-order valence-corrected chi connectivity index (χ1v) is 5.58. The molecule has 1 aromatic rings. The Morgan fingerprint density at radius 1 is 1.35 bits per heavy atom. The third kappa shape index (κ3) is 4.74. The molecule has 0 saturated heterocycles. The number of rotatable bonds is 4. The number of aliphatic imine (C=N–C) groups is 1. The van der Waals surface area contributed by atoms with Gasteiger partial charge in [-0.1, -0.05) is 13.8 Å². The van der Waals surface area contributed by atoms with Crippen molar-refractivity contribution < 1.29 is 4.74 Å². The van der Waals surface area contributed by atoms with Crippen LogP contribution in [0.15, 0.2) is 29.3 Å². The number of nitrogens with two attached hydrogens (primary N) is 1. The average molecular weight is 236 g/mol. The van der Waals surface area contributed by atoms with Crippen LogP contribution in [0.25, 0.3) is 0 Å². The van der Waals surface area contributed by atoms with Gasteiger partial charge in [0.05, 0.1) is 7.11 Å². The molecule has 4 N–H and O–H groups in total. The molecule has 0 bridgehead atoms. The lowest BCUT2D eigenvalue weighted by atomic mass is 10.2. The standard InChI is InChI=1S/C12H20N4O/c1-9(2)8-14-12(16-13)15-10-4-6-11(17-3)7-5-10/h4-7,9H,8,13H2,1-3H3,(H2,14,15,16). The summed E-state index contributed by atoms with van der Waals surface area (Å²) >= 11 is 0. The van der Waals surface area contributed by atoms with Crippen molar-refractivity contribution in [2.45, 2.75) is 13.8 Å². The molecule has 0 aliphatic heterocycles. The van der Waals surface area contributed by atoms with Crippen molar-refractivity contribution in [1.82, 2.24) is 5.43 Å².